The molecule has 0 aromatic heterocycles. The van der Waals surface area contributed by atoms with Gasteiger partial charge in [0.2, 0.25) is 0 Å². The zero-order valence-corrected chi connectivity index (χ0v) is 17.1. The number of morpholine rings is 1. The monoisotopic (exact) mass is 420 g/mol. The van der Waals surface area contributed by atoms with Crippen LogP contribution in [0.5, 0.6) is 11.5 Å². The Labute approximate surface area is 181 Å². The first-order valence-electron chi connectivity index (χ1n) is 10.2. The van der Waals surface area contributed by atoms with Crippen LogP contribution in [0.4, 0.5) is 15.8 Å². The molecule has 3 aromatic rings. The molecule has 1 saturated heterocycles. The Kier molecular flexibility index (Phi) is 6.64. The Morgan fingerprint density at radius 3 is 2.55 bits per heavy atom. The van der Waals surface area contributed by atoms with Crippen LogP contribution in [0.3, 0.4) is 0 Å². The maximum atomic E-state index is 14.5. The number of nitrogens with one attached hydrogen (secondary N) is 1. The number of halogens is 1. The van der Waals surface area contributed by atoms with E-state index in [1.54, 1.807) is 6.07 Å². The smallest absolute Gasteiger partial charge is 0.193 e. The minimum absolute atomic E-state index is 0.245. The highest BCUT2D eigenvalue weighted by Gasteiger charge is 2.15. The van der Waals surface area contributed by atoms with E-state index in [1.807, 2.05) is 65.6 Å². The van der Waals surface area contributed by atoms with E-state index in [0.29, 0.717) is 37.7 Å². The number of para-hydroxylation sites is 1. The summed E-state index contributed by atoms with van der Waals surface area (Å²) in [6.45, 7) is 2.90. The van der Waals surface area contributed by atoms with Crippen LogP contribution >= 0.6 is 0 Å². The van der Waals surface area contributed by atoms with Crippen molar-refractivity contribution in [2.24, 2.45) is 10.7 Å². The lowest BCUT2D eigenvalue weighted by Gasteiger charge is -2.29. The number of nitrogens with zero attached hydrogens (tertiary/aromatic N) is 2. The van der Waals surface area contributed by atoms with E-state index in [0.717, 1.165) is 17.0 Å². The molecule has 0 bridgehead atoms. The molecule has 0 saturated carbocycles. The first kappa shape index (κ1) is 20.7. The van der Waals surface area contributed by atoms with Crippen molar-refractivity contribution in [1.29, 1.82) is 0 Å². The fourth-order valence-corrected chi connectivity index (χ4v) is 3.34. The molecule has 160 valence electrons. The molecule has 0 unspecified atom stereocenters. The van der Waals surface area contributed by atoms with Gasteiger partial charge < -0.3 is 25.4 Å². The number of nitrogens with two attached hydrogens (primary N) is 1. The quantitative estimate of drug-likeness (QED) is 0.457. The highest BCUT2D eigenvalue weighted by molar-refractivity contribution is 5.92. The van der Waals surface area contributed by atoms with Crippen molar-refractivity contribution in [3.63, 3.8) is 0 Å². The molecule has 7 heteroatoms. The zero-order valence-electron chi connectivity index (χ0n) is 17.1. The zero-order chi connectivity index (χ0) is 21.5. The van der Waals surface area contributed by atoms with Crippen molar-refractivity contribution in [2.75, 3.05) is 36.5 Å². The van der Waals surface area contributed by atoms with Gasteiger partial charge >= 0.3 is 0 Å². The number of rotatable bonds is 6. The largest absolute Gasteiger partial charge is 0.457 e. The van der Waals surface area contributed by atoms with E-state index in [-0.39, 0.29) is 18.3 Å². The summed E-state index contributed by atoms with van der Waals surface area (Å²) in [7, 11) is 0. The van der Waals surface area contributed by atoms with Gasteiger partial charge in [-0.15, -0.1) is 0 Å². The van der Waals surface area contributed by atoms with Crippen molar-refractivity contribution in [2.45, 2.75) is 6.54 Å². The molecule has 0 aliphatic carbocycles. The lowest BCUT2D eigenvalue weighted by molar-refractivity contribution is 0.122. The second-order valence-corrected chi connectivity index (χ2v) is 7.15. The first-order chi connectivity index (χ1) is 15.2. The molecule has 1 fully saturated rings. The summed E-state index contributed by atoms with van der Waals surface area (Å²) in [5.74, 6) is 1.43. The van der Waals surface area contributed by atoms with E-state index < -0.39 is 0 Å². The van der Waals surface area contributed by atoms with Crippen molar-refractivity contribution in [3.8, 4) is 11.5 Å². The molecular formula is C24H25FN4O2. The Balaban J connectivity index is 1.36. The van der Waals surface area contributed by atoms with Crippen LogP contribution < -0.4 is 20.7 Å². The maximum Gasteiger partial charge on any atom is 0.193 e. The maximum absolute atomic E-state index is 14.5. The molecule has 6 nitrogen and oxygen atoms in total. The number of ether oxygens (including phenoxy) is 2. The molecule has 0 atom stereocenters. The van der Waals surface area contributed by atoms with Crippen LogP contribution in [0.2, 0.25) is 0 Å². The van der Waals surface area contributed by atoms with Gasteiger partial charge in [0, 0.05) is 24.8 Å². The Morgan fingerprint density at radius 2 is 1.77 bits per heavy atom. The van der Waals surface area contributed by atoms with E-state index in [4.69, 9.17) is 15.2 Å². The SMILES string of the molecule is NC(=NCc1ccc(N2CCOCC2)c(F)c1)Nc1cccc(Oc2ccccc2)c1. The molecule has 31 heavy (non-hydrogen) atoms. The lowest BCUT2D eigenvalue weighted by Crippen LogP contribution is -2.36. The van der Waals surface area contributed by atoms with Gasteiger partial charge in [-0.25, -0.2) is 9.38 Å². The van der Waals surface area contributed by atoms with Crippen LogP contribution in [0, 0.1) is 5.82 Å². The third-order valence-electron chi connectivity index (χ3n) is 4.88. The Morgan fingerprint density at radius 1 is 1.00 bits per heavy atom. The third kappa shape index (κ3) is 5.73. The summed E-state index contributed by atoms with van der Waals surface area (Å²) in [5, 5.41) is 3.05. The molecule has 0 spiro atoms. The fourth-order valence-electron chi connectivity index (χ4n) is 3.34. The number of hydrogen-bond donors (Lipinski definition) is 2. The van der Waals surface area contributed by atoms with E-state index in [2.05, 4.69) is 10.3 Å². The molecule has 1 heterocycles. The fraction of sp³-hybridized carbons (Fsp3) is 0.208. The number of guanidine groups is 1. The molecule has 3 aromatic carbocycles. The van der Waals surface area contributed by atoms with Crippen LogP contribution in [0.1, 0.15) is 5.56 Å². The van der Waals surface area contributed by atoms with Crippen molar-refractivity contribution >= 4 is 17.3 Å². The minimum Gasteiger partial charge on any atom is -0.457 e. The minimum atomic E-state index is -0.258. The van der Waals surface area contributed by atoms with Gasteiger partial charge in [0.25, 0.3) is 0 Å². The van der Waals surface area contributed by atoms with Gasteiger partial charge in [0.05, 0.1) is 25.4 Å². The molecule has 4 rings (SSSR count). The average Bonchev–Trinajstić information content (AvgIpc) is 2.79. The molecule has 1 aliphatic rings. The third-order valence-corrected chi connectivity index (χ3v) is 4.88. The normalized spacial score (nSPS) is 14.4. The number of aliphatic imine (C=N–C) groups is 1. The van der Waals surface area contributed by atoms with Gasteiger partial charge in [-0.2, -0.15) is 0 Å². The van der Waals surface area contributed by atoms with Crippen LogP contribution in [0.25, 0.3) is 0 Å². The van der Waals surface area contributed by atoms with Crippen LogP contribution in [-0.2, 0) is 11.3 Å². The second-order valence-electron chi connectivity index (χ2n) is 7.15. The van der Waals surface area contributed by atoms with Gasteiger partial charge in [0.1, 0.15) is 17.3 Å². The Bertz CT molecular complexity index is 1040. The van der Waals surface area contributed by atoms with E-state index in [1.165, 1.54) is 6.07 Å². The molecule has 0 amide bonds. The summed E-state index contributed by atoms with van der Waals surface area (Å²) in [6, 6.07) is 22.2. The number of benzene rings is 3. The van der Waals surface area contributed by atoms with Gasteiger partial charge in [-0.05, 0) is 42.0 Å². The van der Waals surface area contributed by atoms with Crippen LogP contribution in [0.15, 0.2) is 77.8 Å². The summed E-state index contributed by atoms with van der Waals surface area (Å²) in [6.07, 6.45) is 0. The summed E-state index contributed by atoms with van der Waals surface area (Å²) < 4.78 is 25.7. The van der Waals surface area contributed by atoms with Crippen molar-refractivity contribution < 1.29 is 13.9 Å². The van der Waals surface area contributed by atoms with Gasteiger partial charge in [-0.3, -0.25) is 0 Å². The topological polar surface area (TPSA) is 72.1 Å². The highest BCUT2D eigenvalue weighted by Crippen LogP contribution is 2.24. The number of hydrogen-bond acceptors (Lipinski definition) is 4. The molecule has 0 radical (unpaired) electrons. The molecule has 1 aliphatic heterocycles. The highest BCUT2D eigenvalue weighted by atomic mass is 19.1. The standard InChI is InChI=1S/C24H25FN4O2/c25-22-15-18(9-10-23(22)29-11-13-30-14-12-29)17-27-24(26)28-19-5-4-8-21(16-19)31-20-6-2-1-3-7-20/h1-10,15-16H,11-14,17H2,(H3,26,27,28). The lowest BCUT2D eigenvalue weighted by atomic mass is 10.1. The Hall–Kier alpha value is -3.58. The van der Waals surface area contributed by atoms with E-state index in [9.17, 15) is 4.39 Å². The first-order valence-corrected chi connectivity index (χ1v) is 10.2. The molecular weight excluding hydrogens is 395 g/mol. The average molecular weight is 420 g/mol. The van der Waals surface area contributed by atoms with Crippen molar-refractivity contribution in [3.05, 3.63) is 84.2 Å². The summed E-state index contributed by atoms with van der Waals surface area (Å²) in [4.78, 5) is 6.32. The summed E-state index contributed by atoms with van der Waals surface area (Å²) >= 11 is 0. The summed E-state index contributed by atoms with van der Waals surface area (Å²) in [5.41, 5.74) is 8.12. The molecule has 3 N–H and O–H groups in total. The van der Waals surface area contributed by atoms with Crippen LogP contribution in [-0.4, -0.2) is 32.3 Å². The predicted molar refractivity (Wildman–Crippen MR) is 121 cm³/mol. The van der Waals surface area contributed by atoms with Gasteiger partial charge in [-0.1, -0.05) is 30.3 Å². The predicted octanol–water partition coefficient (Wildman–Crippen LogP) is 4.38. The number of anilines is 2. The second kappa shape index (κ2) is 9.95. The van der Waals surface area contributed by atoms with Gasteiger partial charge in [0.15, 0.2) is 5.96 Å². The van der Waals surface area contributed by atoms with E-state index >= 15 is 0 Å². The van der Waals surface area contributed by atoms with Crippen molar-refractivity contribution in [1.82, 2.24) is 0 Å².